The highest BCUT2D eigenvalue weighted by Gasteiger charge is 2.14. The largest absolute Gasteiger partial charge is 0.493 e. The summed E-state index contributed by atoms with van der Waals surface area (Å²) in [5, 5.41) is 6.28. The topological polar surface area (TPSA) is 106 Å². The molecule has 3 aromatic carbocycles. The number of amides is 2. The fraction of sp³-hybridized carbons (Fsp3) is 0.0833. The highest BCUT2D eigenvalue weighted by molar-refractivity contribution is 6.39. The van der Waals surface area contributed by atoms with Gasteiger partial charge < -0.3 is 14.8 Å². The Hall–Kier alpha value is -4.46. The van der Waals surface area contributed by atoms with E-state index in [1.807, 2.05) is 13.0 Å². The number of carbonyl (C=O) groups is 3. The monoisotopic (exact) mass is 431 g/mol. The summed E-state index contributed by atoms with van der Waals surface area (Å²) in [5.74, 6) is -1.73. The maximum Gasteiger partial charge on any atom is 0.343 e. The number of hydrogen-bond acceptors (Lipinski definition) is 6. The van der Waals surface area contributed by atoms with Crippen LogP contribution in [0.4, 0.5) is 5.69 Å². The van der Waals surface area contributed by atoms with Crippen molar-refractivity contribution >= 4 is 29.7 Å². The Labute approximate surface area is 184 Å². The van der Waals surface area contributed by atoms with Crippen LogP contribution in [0, 0.1) is 6.92 Å². The lowest BCUT2D eigenvalue weighted by Crippen LogP contribution is -2.32. The Morgan fingerprint density at radius 2 is 1.66 bits per heavy atom. The van der Waals surface area contributed by atoms with Crippen LogP contribution in [0.2, 0.25) is 0 Å². The lowest BCUT2D eigenvalue weighted by atomic mass is 10.2. The molecule has 0 aliphatic heterocycles. The number of ether oxygens (including phenoxy) is 2. The van der Waals surface area contributed by atoms with E-state index in [1.165, 1.54) is 13.3 Å². The average molecular weight is 431 g/mol. The third-order valence-electron chi connectivity index (χ3n) is 4.26. The normalized spacial score (nSPS) is 10.4. The van der Waals surface area contributed by atoms with Gasteiger partial charge in [0.25, 0.3) is 0 Å². The van der Waals surface area contributed by atoms with Gasteiger partial charge in [0.15, 0.2) is 11.5 Å². The van der Waals surface area contributed by atoms with E-state index in [4.69, 9.17) is 9.47 Å². The molecule has 2 N–H and O–H groups in total. The summed E-state index contributed by atoms with van der Waals surface area (Å²) < 4.78 is 10.7. The Morgan fingerprint density at radius 1 is 0.875 bits per heavy atom. The molecule has 0 aliphatic carbocycles. The minimum Gasteiger partial charge on any atom is -0.493 e. The molecular weight excluding hydrogens is 410 g/mol. The highest BCUT2D eigenvalue weighted by Crippen LogP contribution is 2.28. The van der Waals surface area contributed by atoms with E-state index in [0.717, 1.165) is 5.56 Å². The van der Waals surface area contributed by atoms with Gasteiger partial charge in [0.2, 0.25) is 0 Å². The molecular formula is C24H21N3O5. The van der Waals surface area contributed by atoms with Gasteiger partial charge in [-0.15, -0.1) is 0 Å². The zero-order valence-electron chi connectivity index (χ0n) is 17.5. The first-order valence-corrected chi connectivity index (χ1v) is 9.62. The first-order valence-electron chi connectivity index (χ1n) is 9.62. The molecule has 3 rings (SSSR count). The molecule has 0 aliphatic rings. The third-order valence-corrected chi connectivity index (χ3v) is 4.26. The molecule has 0 fully saturated rings. The maximum absolute atomic E-state index is 12.2. The molecule has 0 aromatic heterocycles. The first kappa shape index (κ1) is 22.2. The summed E-state index contributed by atoms with van der Waals surface area (Å²) in [6, 6.07) is 20.4. The number of rotatable bonds is 6. The highest BCUT2D eigenvalue weighted by atomic mass is 16.6. The van der Waals surface area contributed by atoms with Crippen molar-refractivity contribution in [1.82, 2.24) is 5.43 Å². The predicted octanol–water partition coefficient (Wildman–Crippen LogP) is 3.31. The summed E-state index contributed by atoms with van der Waals surface area (Å²) in [4.78, 5) is 36.1. The minimum atomic E-state index is -0.914. The molecule has 8 nitrogen and oxygen atoms in total. The molecule has 0 radical (unpaired) electrons. The average Bonchev–Trinajstić information content (AvgIpc) is 2.80. The van der Waals surface area contributed by atoms with Crippen molar-refractivity contribution in [2.45, 2.75) is 6.92 Å². The van der Waals surface area contributed by atoms with Gasteiger partial charge >= 0.3 is 17.8 Å². The molecule has 3 aromatic rings. The van der Waals surface area contributed by atoms with Crippen molar-refractivity contribution in [2.75, 3.05) is 12.4 Å². The van der Waals surface area contributed by atoms with Gasteiger partial charge in [-0.1, -0.05) is 30.3 Å². The van der Waals surface area contributed by atoms with Gasteiger partial charge in [-0.3, -0.25) is 9.59 Å². The quantitative estimate of drug-likeness (QED) is 0.205. The van der Waals surface area contributed by atoms with Crippen LogP contribution in [-0.2, 0) is 9.59 Å². The van der Waals surface area contributed by atoms with Crippen molar-refractivity contribution in [3.8, 4) is 11.5 Å². The van der Waals surface area contributed by atoms with Gasteiger partial charge in [0, 0.05) is 5.69 Å². The Morgan fingerprint density at radius 3 is 2.38 bits per heavy atom. The molecule has 0 atom stereocenters. The van der Waals surface area contributed by atoms with E-state index in [-0.39, 0.29) is 5.75 Å². The summed E-state index contributed by atoms with van der Waals surface area (Å²) in [7, 11) is 1.44. The van der Waals surface area contributed by atoms with Crippen LogP contribution < -0.4 is 20.2 Å². The number of nitrogens with zero attached hydrogens (tertiary/aromatic N) is 1. The van der Waals surface area contributed by atoms with Crippen LogP contribution in [0.25, 0.3) is 0 Å². The minimum absolute atomic E-state index is 0.236. The Kier molecular flexibility index (Phi) is 7.32. The molecule has 0 bridgehead atoms. The molecule has 0 saturated carbocycles. The van der Waals surface area contributed by atoms with Crippen molar-refractivity contribution in [3.05, 3.63) is 89.5 Å². The molecule has 0 heterocycles. The van der Waals surface area contributed by atoms with E-state index in [1.54, 1.807) is 66.7 Å². The number of aryl methyl sites for hydroxylation is 1. The number of carbonyl (C=O) groups excluding carboxylic acids is 3. The summed E-state index contributed by atoms with van der Waals surface area (Å²) >= 11 is 0. The van der Waals surface area contributed by atoms with Crippen molar-refractivity contribution in [3.63, 3.8) is 0 Å². The molecule has 2 amide bonds. The fourth-order valence-corrected chi connectivity index (χ4v) is 2.71. The smallest absolute Gasteiger partial charge is 0.343 e. The Bertz CT molecular complexity index is 1160. The number of nitrogens with one attached hydrogen (secondary N) is 2. The molecule has 0 spiro atoms. The number of benzene rings is 3. The number of anilines is 1. The van der Waals surface area contributed by atoms with Crippen LogP contribution >= 0.6 is 0 Å². The van der Waals surface area contributed by atoms with Crippen LogP contribution in [0.15, 0.2) is 77.9 Å². The first-order chi connectivity index (χ1) is 15.5. The van der Waals surface area contributed by atoms with E-state index < -0.39 is 17.8 Å². The second-order valence-electron chi connectivity index (χ2n) is 6.69. The van der Waals surface area contributed by atoms with Crippen molar-refractivity contribution in [1.29, 1.82) is 0 Å². The third kappa shape index (κ3) is 6.02. The summed E-state index contributed by atoms with van der Waals surface area (Å²) in [6.07, 6.45) is 1.34. The number of hydrazone groups is 1. The fourth-order valence-electron chi connectivity index (χ4n) is 2.71. The maximum atomic E-state index is 12.2. The number of methoxy groups -OCH3 is 1. The number of hydrogen-bond donors (Lipinski definition) is 2. The number of esters is 1. The molecule has 0 saturated heterocycles. The second kappa shape index (κ2) is 10.5. The molecule has 162 valence electrons. The van der Waals surface area contributed by atoms with Crippen molar-refractivity contribution < 1.29 is 23.9 Å². The summed E-state index contributed by atoms with van der Waals surface area (Å²) in [5.41, 5.74) is 4.59. The van der Waals surface area contributed by atoms with Gasteiger partial charge in [-0.05, 0) is 60.5 Å². The molecule has 0 unspecified atom stereocenters. The lowest BCUT2D eigenvalue weighted by molar-refractivity contribution is -0.136. The van der Waals surface area contributed by atoms with Gasteiger partial charge in [-0.25, -0.2) is 10.2 Å². The van der Waals surface area contributed by atoms with Crippen LogP contribution in [-0.4, -0.2) is 31.1 Å². The van der Waals surface area contributed by atoms with Crippen LogP contribution in [0.5, 0.6) is 11.5 Å². The van der Waals surface area contributed by atoms with E-state index in [2.05, 4.69) is 15.8 Å². The van der Waals surface area contributed by atoms with Gasteiger partial charge in [-0.2, -0.15) is 5.10 Å². The van der Waals surface area contributed by atoms with E-state index in [9.17, 15) is 14.4 Å². The lowest BCUT2D eigenvalue weighted by Gasteiger charge is -2.10. The van der Waals surface area contributed by atoms with Gasteiger partial charge in [0.05, 0.1) is 18.9 Å². The molecule has 32 heavy (non-hydrogen) atoms. The zero-order chi connectivity index (χ0) is 22.9. The van der Waals surface area contributed by atoms with Crippen LogP contribution in [0.3, 0.4) is 0 Å². The zero-order valence-corrected chi connectivity index (χ0v) is 17.5. The van der Waals surface area contributed by atoms with Crippen molar-refractivity contribution in [2.24, 2.45) is 5.10 Å². The molecule has 8 heteroatoms. The van der Waals surface area contributed by atoms with Gasteiger partial charge in [0.1, 0.15) is 0 Å². The second-order valence-corrected chi connectivity index (χ2v) is 6.69. The summed E-state index contributed by atoms with van der Waals surface area (Å²) in [6.45, 7) is 1.88. The van der Waals surface area contributed by atoms with E-state index >= 15 is 0 Å². The standard InChI is InChI=1S/C24H21N3O5/c1-16-7-6-10-19(13-16)26-22(28)23(29)27-25-15-17-11-12-20(21(14-17)31-2)32-24(30)18-8-4-3-5-9-18/h3-15H,1-2H3,(H,26,28)(H,27,29). The predicted molar refractivity (Wildman–Crippen MR) is 120 cm³/mol. The van der Waals surface area contributed by atoms with Crippen LogP contribution in [0.1, 0.15) is 21.5 Å². The Balaban J connectivity index is 1.60. The van der Waals surface area contributed by atoms with E-state index in [0.29, 0.717) is 22.6 Å². The SMILES string of the molecule is COc1cc(C=NNC(=O)C(=O)Nc2cccc(C)c2)ccc1OC(=O)c1ccccc1.